The molecule has 0 bridgehead atoms. The fourth-order valence-corrected chi connectivity index (χ4v) is 1.79. The number of hydrogen-bond donors (Lipinski definition) is 4. The van der Waals surface area contributed by atoms with Crippen LogP contribution >= 0.6 is 0 Å². The van der Waals surface area contributed by atoms with Crippen LogP contribution in [0.2, 0.25) is 0 Å². The fraction of sp³-hybridized carbons (Fsp3) is 0.133. The van der Waals surface area contributed by atoms with E-state index in [1.807, 2.05) is 0 Å². The summed E-state index contributed by atoms with van der Waals surface area (Å²) >= 11 is 0. The highest BCUT2D eigenvalue weighted by Crippen LogP contribution is 2.25. The summed E-state index contributed by atoms with van der Waals surface area (Å²) in [6, 6.07) is 11.1. The Kier molecular flexibility index (Phi) is 4.50. The molecule has 0 spiro atoms. The summed E-state index contributed by atoms with van der Waals surface area (Å²) in [4.78, 5) is 11.9. The first kappa shape index (κ1) is 14.5. The molecule has 0 aliphatic rings. The maximum absolute atomic E-state index is 11.9. The van der Waals surface area contributed by atoms with Crippen LogP contribution in [0.15, 0.2) is 42.5 Å². The second-order valence-corrected chi connectivity index (χ2v) is 4.31. The molecule has 21 heavy (non-hydrogen) atoms. The van der Waals surface area contributed by atoms with Crippen molar-refractivity contribution >= 4 is 11.6 Å². The van der Waals surface area contributed by atoms with E-state index in [9.17, 15) is 15.0 Å². The summed E-state index contributed by atoms with van der Waals surface area (Å²) in [6.07, 6.45) is 0. The van der Waals surface area contributed by atoms with Crippen LogP contribution in [0.5, 0.6) is 17.2 Å². The number of hydrogen-bond acceptors (Lipinski definition) is 5. The van der Waals surface area contributed by atoms with Gasteiger partial charge in [0.15, 0.2) is 0 Å². The Bertz CT molecular complexity index is 623. The number of aromatic hydroxyl groups is 2. The van der Waals surface area contributed by atoms with E-state index >= 15 is 0 Å². The van der Waals surface area contributed by atoms with Gasteiger partial charge in [0, 0.05) is 0 Å². The van der Waals surface area contributed by atoms with Gasteiger partial charge in [0.05, 0.1) is 12.2 Å². The fourth-order valence-electron chi connectivity index (χ4n) is 1.79. The molecule has 0 aliphatic heterocycles. The standard InChI is InChI=1S/C15H16N2O4/c16-10-4-1-2-7-13(10)21-9-8-17-15(20)14-11(18)5-3-6-12(14)19/h1-7,18-19H,8-9,16H2,(H,17,20). The Morgan fingerprint density at radius 1 is 1.10 bits per heavy atom. The Morgan fingerprint density at radius 2 is 1.76 bits per heavy atom. The molecule has 0 aromatic heterocycles. The third-order valence-electron chi connectivity index (χ3n) is 2.81. The van der Waals surface area contributed by atoms with Crippen LogP contribution in [0.25, 0.3) is 0 Å². The Balaban J connectivity index is 1.87. The molecular weight excluding hydrogens is 272 g/mol. The topological polar surface area (TPSA) is 105 Å². The van der Waals surface area contributed by atoms with Gasteiger partial charge in [-0.2, -0.15) is 0 Å². The minimum atomic E-state index is -0.574. The summed E-state index contributed by atoms with van der Waals surface area (Å²) < 4.78 is 5.42. The summed E-state index contributed by atoms with van der Waals surface area (Å²) in [5.41, 5.74) is 6.07. The first-order valence-electron chi connectivity index (χ1n) is 6.36. The highest BCUT2D eigenvalue weighted by molar-refractivity contribution is 5.99. The number of carbonyl (C=O) groups is 1. The quantitative estimate of drug-likeness (QED) is 0.493. The van der Waals surface area contributed by atoms with Crippen LogP contribution < -0.4 is 15.8 Å². The Hall–Kier alpha value is -2.89. The molecule has 2 rings (SSSR count). The lowest BCUT2D eigenvalue weighted by Crippen LogP contribution is -2.28. The molecule has 0 heterocycles. The zero-order valence-corrected chi connectivity index (χ0v) is 11.2. The van der Waals surface area contributed by atoms with Crippen molar-refractivity contribution in [2.24, 2.45) is 0 Å². The maximum Gasteiger partial charge on any atom is 0.258 e. The van der Waals surface area contributed by atoms with E-state index < -0.39 is 5.91 Å². The van der Waals surface area contributed by atoms with E-state index in [1.54, 1.807) is 24.3 Å². The van der Waals surface area contributed by atoms with Crippen molar-refractivity contribution < 1.29 is 19.7 Å². The van der Waals surface area contributed by atoms with Gasteiger partial charge in [-0.3, -0.25) is 4.79 Å². The lowest BCUT2D eigenvalue weighted by atomic mass is 10.1. The SMILES string of the molecule is Nc1ccccc1OCCNC(=O)c1c(O)cccc1O. The third kappa shape index (κ3) is 3.56. The van der Waals surface area contributed by atoms with Gasteiger partial charge in [-0.15, -0.1) is 0 Å². The number of nitrogen functional groups attached to an aromatic ring is 1. The van der Waals surface area contributed by atoms with Gasteiger partial charge in [0.25, 0.3) is 5.91 Å². The van der Waals surface area contributed by atoms with E-state index in [0.29, 0.717) is 11.4 Å². The number of rotatable bonds is 5. The van der Waals surface area contributed by atoms with E-state index in [0.717, 1.165) is 0 Å². The molecule has 0 saturated heterocycles. The summed E-state index contributed by atoms with van der Waals surface area (Å²) in [6.45, 7) is 0.426. The average Bonchev–Trinajstić information content (AvgIpc) is 2.45. The molecule has 1 amide bonds. The molecule has 0 saturated carbocycles. The smallest absolute Gasteiger partial charge is 0.258 e. The molecule has 2 aromatic rings. The molecule has 110 valence electrons. The van der Waals surface area contributed by atoms with Crippen molar-refractivity contribution in [3.8, 4) is 17.2 Å². The van der Waals surface area contributed by atoms with Gasteiger partial charge in [-0.1, -0.05) is 18.2 Å². The van der Waals surface area contributed by atoms with Crippen molar-refractivity contribution in [3.63, 3.8) is 0 Å². The molecule has 0 fully saturated rings. The van der Waals surface area contributed by atoms with Crippen molar-refractivity contribution in [1.29, 1.82) is 0 Å². The molecule has 2 aromatic carbocycles. The zero-order valence-electron chi connectivity index (χ0n) is 11.2. The second kappa shape index (κ2) is 6.51. The van der Waals surface area contributed by atoms with Crippen LogP contribution in [-0.2, 0) is 0 Å². The summed E-state index contributed by atoms with van der Waals surface area (Å²) in [5, 5.41) is 21.7. The largest absolute Gasteiger partial charge is 0.507 e. The van der Waals surface area contributed by atoms with E-state index in [2.05, 4.69) is 5.32 Å². The second-order valence-electron chi connectivity index (χ2n) is 4.31. The minimum absolute atomic E-state index is 0.156. The first-order chi connectivity index (χ1) is 10.1. The van der Waals surface area contributed by atoms with Crippen molar-refractivity contribution in [2.75, 3.05) is 18.9 Å². The lowest BCUT2D eigenvalue weighted by molar-refractivity contribution is 0.0941. The summed E-state index contributed by atoms with van der Waals surface area (Å²) in [7, 11) is 0. The van der Waals surface area contributed by atoms with Crippen LogP contribution in [0.1, 0.15) is 10.4 Å². The Labute approximate surface area is 121 Å². The molecule has 6 nitrogen and oxygen atoms in total. The number of carbonyl (C=O) groups excluding carboxylic acids is 1. The molecule has 0 radical (unpaired) electrons. The average molecular weight is 288 g/mol. The number of amides is 1. The number of phenols is 2. The van der Waals surface area contributed by atoms with Crippen molar-refractivity contribution in [1.82, 2.24) is 5.32 Å². The number of anilines is 1. The van der Waals surface area contributed by atoms with Gasteiger partial charge in [0.1, 0.15) is 29.4 Å². The molecule has 0 aliphatic carbocycles. The van der Waals surface area contributed by atoms with Crippen LogP contribution in [0.4, 0.5) is 5.69 Å². The maximum atomic E-state index is 11.9. The Morgan fingerprint density at radius 3 is 2.43 bits per heavy atom. The normalized spacial score (nSPS) is 10.1. The van der Waals surface area contributed by atoms with Gasteiger partial charge in [-0.25, -0.2) is 0 Å². The molecule has 0 atom stereocenters. The number of benzene rings is 2. The van der Waals surface area contributed by atoms with Crippen molar-refractivity contribution in [3.05, 3.63) is 48.0 Å². The predicted octanol–water partition coefficient (Wildman–Crippen LogP) is 1.49. The van der Waals surface area contributed by atoms with Crippen molar-refractivity contribution in [2.45, 2.75) is 0 Å². The molecular formula is C15H16N2O4. The zero-order chi connectivity index (χ0) is 15.2. The predicted molar refractivity (Wildman–Crippen MR) is 78.5 cm³/mol. The van der Waals surface area contributed by atoms with E-state index in [-0.39, 0.29) is 30.2 Å². The number of ether oxygens (including phenoxy) is 1. The molecule has 6 heteroatoms. The van der Waals surface area contributed by atoms with E-state index in [1.165, 1.54) is 18.2 Å². The van der Waals surface area contributed by atoms with Gasteiger partial charge < -0.3 is 26.0 Å². The van der Waals surface area contributed by atoms with Gasteiger partial charge >= 0.3 is 0 Å². The van der Waals surface area contributed by atoms with Gasteiger partial charge in [0.2, 0.25) is 0 Å². The third-order valence-corrected chi connectivity index (χ3v) is 2.81. The molecule has 5 N–H and O–H groups in total. The van der Waals surface area contributed by atoms with Crippen LogP contribution in [0.3, 0.4) is 0 Å². The number of nitrogens with two attached hydrogens (primary N) is 1. The van der Waals surface area contributed by atoms with E-state index in [4.69, 9.17) is 10.5 Å². The number of phenolic OH excluding ortho intramolecular Hbond substituents is 2. The minimum Gasteiger partial charge on any atom is -0.507 e. The number of nitrogens with one attached hydrogen (secondary N) is 1. The lowest BCUT2D eigenvalue weighted by Gasteiger charge is -2.10. The number of para-hydroxylation sites is 2. The van der Waals surface area contributed by atoms with Crippen LogP contribution in [0, 0.1) is 0 Å². The van der Waals surface area contributed by atoms with Gasteiger partial charge in [-0.05, 0) is 24.3 Å². The summed E-state index contributed by atoms with van der Waals surface area (Å²) in [5.74, 6) is -0.589. The van der Waals surface area contributed by atoms with Crippen LogP contribution in [-0.4, -0.2) is 29.3 Å². The monoisotopic (exact) mass is 288 g/mol. The molecule has 0 unspecified atom stereocenters. The first-order valence-corrected chi connectivity index (χ1v) is 6.36. The highest BCUT2D eigenvalue weighted by atomic mass is 16.5. The highest BCUT2D eigenvalue weighted by Gasteiger charge is 2.15.